The molecule has 0 aliphatic rings. The molecule has 0 radical (unpaired) electrons. The largest absolute Gasteiger partial charge is 0.497 e. The van der Waals surface area contributed by atoms with Crippen LogP contribution in [0.1, 0.15) is 11.1 Å². The summed E-state index contributed by atoms with van der Waals surface area (Å²) in [6, 6.07) is 16.8. The molecule has 0 aliphatic carbocycles. The van der Waals surface area contributed by atoms with Crippen molar-refractivity contribution in [2.75, 3.05) is 13.7 Å². The fourth-order valence-electron chi connectivity index (χ4n) is 2.62. The minimum Gasteiger partial charge on any atom is -0.497 e. The Morgan fingerprint density at radius 1 is 1.05 bits per heavy atom. The van der Waals surface area contributed by atoms with E-state index in [0.29, 0.717) is 0 Å². The molecule has 21 heavy (non-hydrogen) atoms. The number of methoxy groups -OCH3 is 1. The van der Waals surface area contributed by atoms with E-state index in [4.69, 9.17) is 4.74 Å². The highest BCUT2D eigenvalue weighted by Gasteiger charge is 2.04. The molecule has 0 spiro atoms. The van der Waals surface area contributed by atoms with Crippen LogP contribution >= 0.6 is 0 Å². The molecule has 3 rings (SSSR count). The number of aromatic nitrogens is 1. The van der Waals surface area contributed by atoms with E-state index < -0.39 is 0 Å². The topological polar surface area (TPSA) is 41.6 Å². The second-order valence-electron chi connectivity index (χ2n) is 5.24. The van der Waals surface area contributed by atoms with Crippen LogP contribution in [0.4, 0.5) is 0 Å². The minimum atomic E-state index is 0.918. The first-order chi connectivity index (χ1) is 10.4. The summed E-state index contributed by atoms with van der Waals surface area (Å²) in [7, 11) is 1.70. The van der Waals surface area contributed by atoms with Crippen molar-refractivity contribution >= 4 is 10.9 Å². The van der Waals surface area contributed by atoms with E-state index >= 15 is 0 Å². The summed E-state index contributed by atoms with van der Waals surface area (Å²) >= 11 is 0. The monoisotopic (exact) mass is 281 g/mol. The molecule has 0 saturated carbocycles. The maximum atomic E-state index is 5.17. The zero-order chi connectivity index (χ0) is 14.5. The molecule has 3 N–H and O–H groups in total. The number of ether oxygens (including phenoxy) is 1. The van der Waals surface area contributed by atoms with Crippen LogP contribution in [0.15, 0.2) is 54.7 Å². The number of aromatic amines is 1. The Labute approximate surface area is 125 Å². The van der Waals surface area contributed by atoms with Crippen LogP contribution in [-0.2, 0) is 13.0 Å². The van der Waals surface area contributed by atoms with Crippen molar-refractivity contribution in [1.29, 1.82) is 0 Å². The fraction of sp³-hybridized carbons (Fsp3) is 0.222. The molecule has 108 valence electrons. The Morgan fingerprint density at radius 3 is 2.67 bits per heavy atom. The van der Waals surface area contributed by atoms with Crippen LogP contribution in [0.2, 0.25) is 0 Å². The minimum absolute atomic E-state index is 0.918. The SMILES string of the molecule is COc1ccc(CC[NH2+]Cc2c[nH]c3ccccc23)cc1. The van der Waals surface area contributed by atoms with Gasteiger partial charge in [-0.25, -0.2) is 0 Å². The molecule has 3 aromatic rings. The Morgan fingerprint density at radius 2 is 1.86 bits per heavy atom. The van der Waals surface area contributed by atoms with Crippen LogP contribution in [-0.4, -0.2) is 18.6 Å². The molecule has 0 bridgehead atoms. The van der Waals surface area contributed by atoms with Gasteiger partial charge >= 0.3 is 0 Å². The molecular weight excluding hydrogens is 260 g/mol. The van der Waals surface area contributed by atoms with Crippen molar-refractivity contribution < 1.29 is 10.1 Å². The number of rotatable bonds is 6. The molecule has 0 aliphatic heterocycles. The molecular formula is C18H21N2O+. The van der Waals surface area contributed by atoms with E-state index in [1.165, 1.54) is 22.0 Å². The maximum Gasteiger partial charge on any atom is 0.118 e. The number of hydrogen-bond donors (Lipinski definition) is 2. The second-order valence-corrected chi connectivity index (χ2v) is 5.24. The van der Waals surface area contributed by atoms with Gasteiger partial charge in [0.05, 0.1) is 13.7 Å². The maximum absolute atomic E-state index is 5.17. The quantitative estimate of drug-likeness (QED) is 0.670. The van der Waals surface area contributed by atoms with E-state index in [1.807, 2.05) is 12.1 Å². The Kier molecular flexibility index (Phi) is 4.22. The second kappa shape index (κ2) is 6.46. The first-order valence-corrected chi connectivity index (χ1v) is 7.36. The summed E-state index contributed by atoms with van der Waals surface area (Å²) in [5.74, 6) is 0.918. The van der Waals surface area contributed by atoms with Crippen molar-refractivity contribution in [2.24, 2.45) is 0 Å². The first kappa shape index (κ1) is 13.7. The van der Waals surface area contributed by atoms with Crippen molar-refractivity contribution in [3.8, 4) is 5.75 Å². The van der Waals surface area contributed by atoms with Crippen LogP contribution in [0, 0.1) is 0 Å². The van der Waals surface area contributed by atoms with Gasteiger partial charge in [-0.1, -0.05) is 30.3 Å². The Hall–Kier alpha value is -2.26. The number of H-pyrrole nitrogens is 1. The molecule has 0 atom stereocenters. The highest BCUT2D eigenvalue weighted by atomic mass is 16.5. The van der Waals surface area contributed by atoms with Gasteiger partial charge in [0, 0.05) is 29.1 Å². The summed E-state index contributed by atoms with van der Waals surface area (Å²) in [4.78, 5) is 3.33. The smallest absolute Gasteiger partial charge is 0.118 e. The highest BCUT2D eigenvalue weighted by Crippen LogP contribution is 2.16. The molecule has 3 heteroatoms. The lowest BCUT2D eigenvalue weighted by Gasteiger charge is -2.03. The van der Waals surface area contributed by atoms with Gasteiger partial charge < -0.3 is 15.0 Å². The van der Waals surface area contributed by atoms with Gasteiger partial charge in [-0.2, -0.15) is 0 Å². The number of para-hydroxylation sites is 1. The zero-order valence-electron chi connectivity index (χ0n) is 12.3. The van der Waals surface area contributed by atoms with Crippen LogP contribution in [0.25, 0.3) is 10.9 Å². The number of quaternary nitrogens is 1. The number of hydrogen-bond acceptors (Lipinski definition) is 1. The molecule has 0 fully saturated rings. The average Bonchev–Trinajstić information content (AvgIpc) is 2.95. The van der Waals surface area contributed by atoms with Crippen molar-refractivity contribution in [1.82, 2.24) is 4.98 Å². The molecule has 0 saturated heterocycles. The Balaban J connectivity index is 1.51. The summed E-state index contributed by atoms with van der Waals surface area (Å²) in [5.41, 5.74) is 3.95. The van der Waals surface area contributed by atoms with Crippen LogP contribution < -0.4 is 10.1 Å². The highest BCUT2D eigenvalue weighted by molar-refractivity contribution is 5.82. The average molecular weight is 281 g/mol. The lowest BCUT2D eigenvalue weighted by Crippen LogP contribution is -2.83. The van der Waals surface area contributed by atoms with Gasteiger partial charge in [-0.3, -0.25) is 0 Å². The lowest BCUT2D eigenvalue weighted by atomic mass is 10.1. The third kappa shape index (κ3) is 3.26. The summed E-state index contributed by atoms with van der Waals surface area (Å²) in [6.07, 6.45) is 3.20. The lowest BCUT2D eigenvalue weighted by molar-refractivity contribution is -0.669. The predicted octanol–water partition coefficient (Wildman–Crippen LogP) is 2.48. The molecule has 2 aromatic carbocycles. The first-order valence-electron chi connectivity index (χ1n) is 7.36. The summed E-state index contributed by atoms with van der Waals surface area (Å²) < 4.78 is 5.17. The van der Waals surface area contributed by atoms with Gasteiger partial charge in [-0.05, 0) is 23.8 Å². The number of benzene rings is 2. The molecule has 3 nitrogen and oxygen atoms in total. The third-order valence-electron chi connectivity index (χ3n) is 3.84. The summed E-state index contributed by atoms with van der Waals surface area (Å²) in [5, 5.41) is 3.69. The van der Waals surface area contributed by atoms with Gasteiger partial charge in [-0.15, -0.1) is 0 Å². The van der Waals surface area contributed by atoms with E-state index in [0.717, 1.165) is 25.3 Å². The van der Waals surface area contributed by atoms with Gasteiger partial charge in [0.2, 0.25) is 0 Å². The number of nitrogens with two attached hydrogens (primary N) is 1. The third-order valence-corrected chi connectivity index (χ3v) is 3.84. The fourth-order valence-corrected chi connectivity index (χ4v) is 2.62. The molecule has 0 unspecified atom stereocenters. The predicted molar refractivity (Wildman–Crippen MR) is 85.5 cm³/mol. The summed E-state index contributed by atoms with van der Waals surface area (Å²) in [6.45, 7) is 2.10. The van der Waals surface area contributed by atoms with Crippen molar-refractivity contribution in [3.05, 3.63) is 65.9 Å². The van der Waals surface area contributed by atoms with Crippen molar-refractivity contribution in [3.63, 3.8) is 0 Å². The van der Waals surface area contributed by atoms with Crippen molar-refractivity contribution in [2.45, 2.75) is 13.0 Å². The normalized spacial score (nSPS) is 10.9. The molecule has 1 aromatic heterocycles. The molecule has 0 amide bonds. The number of fused-ring (bicyclic) bond motifs is 1. The standard InChI is InChI=1S/C18H20N2O/c1-21-16-8-6-14(7-9-16)10-11-19-12-15-13-20-18-5-3-2-4-17(15)18/h2-9,13,19-20H,10-12H2,1H3/p+1. The van der Waals surface area contributed by atoms with Crippen LogP contribution in [0.3, 0.4) is 0 Å². The van der Waals surface area contributed by atoms with Crippen LogP contribution in [0.5, 0.6) is 5.75 Å². The van der Waals surface area contributed by atoms with E-state index in [2.05, 4.69) is 52.9 Å². The van der Waals surface area contributed by atoms with E-state index in [-0.39, 0.29) is 0 Å². The van der Waals surface area contributed by atoms with Gasteiger partial charge in [0.25, 0.3) is 0 Å². The van der Waals surface area contributed by atoms with Gasteiger partial charge in [0.15, 0.2) is 0 Å². The zero-order valence-corrected chi connectivity index (χ0v) is 12.3. The Bertz CT molecular complexity index is 701. The molecule has 1 heterocycles. The van der Waals surface area contributed by atoms with Gasteiger partial charge in [0.1, 0.15) is 12.3 Å². The number of nitrogens with one attached hydrogen (secondary N) is 1. The van der Waals surface area contributed by atoms with E-state index in [9.17, 15) is 0 Å². The van der Waals surface area contributed by atoms with E-state index in [1.54, 1.807) is 7.11 Å².